The van der Waals surface area contributed by atoms with Gasteiger partial charge in [-0.15, -0.1) is 0 Å². The molecule has 6 nitrogen and oxygen atoms in total. The first-order valence-electron chi connectivity index (χ1n) is 5.67. The molecule has 1 aromatic carbocycles. The lowest BCUT2D eigenvalue weighted by atomic mass is 10.3. The third-order valence-corrected chi connectivity index (χ3v) is 3.49. The van der Waals surface area contributed by atoms with Crippen molar-refractivity contribution < 1.29 is 19.4 Å². The Bertz CT molecular complexity index is 653. The molecular formula is C13H12N2O4S. The molecule has 0 aliphatic heterocycles. The molecule has 2 aromatic rings. The van der Waals surface area contributed by atoms with Crippen LogP contribution in [0.5, 0.6) is 5.75 Å². The van der Waals surface area contributed by atoms with Gasteiger partial charge in [0.15, 0.2) is 5.13 Å². The highest BCUT2D eigenvalue weighted by molar-refractivity contribution is 7.17. The van der Waals surface area contributed by atoms with E-state index in [1.165, 1.54) is 25.1 Å². The maximum atomic E-state index is 11.8. The minimum atomic E-state index is -1.07. The molecule has 0 radical (unpaired) electrons. The molecule has 0 spiro atoms. The second-order valence-corrected chi connectivity index (χ2v) is 4.88. The van der Waals surface area contributed by atoms with E-state index in [4.69, 9.17) is 9.84 Å². The van der Waals surface area contributed by atoms with Gasteiger partial charge in [-0.3, -0.25) is 9.69 Å². The van der Waals surface area contributed by atoms with Crippen molar-refractivity contribution >= 4 is 34.0 Å². The van der Waals surface area contributed by atoms with Crippen LogP contribution >= 0.6 is 11.3 Å². The monoisotopic (exact) mass is 292 g/mol. The number of carbonyl (C=O) groups is 2. The molecule has 0 unspecified atom stereocenters. The van der Waals surface area contributed by atoms with Gasteiger partial charge in [-0.05, 0) is 12.1 Å². The SMILES string of the molecule is COc1cccc(N(C(C)=O)c2ncc(C(=O)O)s2)c1. The lowest BCUT2D eigenvalue weighted by Gasteiger charge is -2.18. The lowest BCUT2D eigenvalue weighted by Crippen LogP contribution is -2.22. The first kappa shape index (κ1) is 14.0. The highest BCUT2D eigenvalue weighted by atomic mass is 32.1. The number of hydrogen-bond donors (Lipinski definition) is 1. The highest BCUT2D eigenvalue weighted by Crippen LogP contribution is 2.31. The average molecular weight is 292 g/mol. The number of nitrogens with zero attached hydrogens (tertiary/aromatic N) is 2. The van der Waals surface area contributed by atoms with Crippen LogP contribution in [0.25, 0.3) is 0 Å². The van der Waals surface area contributed by atoms with E-state index >= 15 is 0 Å². The quantitative estimate of drug-likeness (QED) is 0.936. The second kappa shape index (κ2) is 5.70. The van der Waals surface area contributed by atoms with E-state index in [0.29, 0.717) is 16.6 Å². The van der Waals surface area contributed by atoms with Crippen molar-refractivity contribution in [3.05, 3.63) is 35.3 Å². The molecule has 104 valence electrons. The smallest absolute Gasteiger partial charge is 0.347 e. The predicted molar refractivity (Wildman–Crippen MR) is 74.9 cm³/mol. The summed E-state index contributed by atoms with van der Waals surface area (Å²) in [7, 11) is 1.53. The van der Waals surface area contributed by atoms with Gasteiger partial charge in [-0.2, -0.15) is 0 Å². The van der Waals surface area contributed by atoms with Crippen molar-refractivity contribution in [2.45, 2.75) is 6.92 Å². The summed E-state index contributed by atoms with van der Waals surface area (Å²) >= 11 is 0.939. The zero-order valence-corrected chi connectivity index (χ0v) is 11.7. The average Bonchev–Trinajstić information content (AvgIpc) is 2.88. The van der Waals surface area contributed by atoms with Gasteiger partial charge in [0, 0.05) is 13.0 Å². The van der Waals surface area contributed by atoms with Crippen molar-refractivity contribution in [3.8, 4) is 5.75 Å². The maximum Gasteiger partial charge on any atom is 0.347 e. The number of carboxylic acids is 1. The number of anilines is 2. The lowest BCUT2D eigenvalue weighted by molar-refractivity contribution is -0.115. The minimum absolute atomic E-state index is 0.0779. The Balaban J connectivity index is 2.44. The summed E-state index contributed by atoms with van der Waals surface area (Å²) in [4.78, 5) is 28.1. The molecule has 20 heavy (non-hydrogen) atoms. The molecule has 0 aliphatic rings. The number of aromatic nitrogens is 1. The Kier molecular flexibility index (Phi) is 3.99. The molecule has 0 saturated carbocycles. The van der Waals surface area contributed by atoms with Crippen molar-refractivity contribution in [2.75, 3.05) is 12.0 Å². The fraction of sp³-hybridized carbons (Fsp3) is 0.154. The zero-order chi connectivity index (χ0) is 14.7. The number of methoxy groups -OCH3 is 1. The number of aromatic carboxylic acids is 1. The fourth-order valence-corrected chi connectivity index (χ4v) is 2.46. The normalized spacial score (nSPS) is 10.1. The Morgan fingerprint density at radius 1 is 1.40 bits per heavy atom. The first-order valence-corrected chi connectivity index (χ1v) is 6.48. The number of benzene rings is 1. The molecule has 0 saturated heterocycles. The number of amides is 1. The number of rotatable bonds is 4. The molecule has 0 aliphatic carbocycles. The van der Waals surface area contributed by atoms with Gasteiger partial charge in [-0.25, -0.2) is 9.78 Å². The van der Waals surface area contributed by atoms with Crippen molar-refractivity contribution in [3.63, 3.8) is 0 Å². The minimum Gasteiger partial charge on any atom is -0.497 e. The highest BCUT2D eigenvalue weighted by Gasteiger charge is 2.20. The zero-order valence-electron chi connectivity index (χ0n) is 10.9. The number of carboxylic acid groups (broad SMARTS) is 1. The Hall–Kier alpha value is -2.41. The molecule has 2 rings (SSSR count). The van der Waals surface area contributed by atoms with E-state index < -0.39 is 5.97 Å². The molecule has 1 N–H and O–H groups in total. The molecule has 0 atom stereocenters. The van der Waals surface area contributed by atoms with E-state index in [2.05, 4.69) is 4.98 Å². The number of thiazole rings is 1. The van der Waals surface area contributed by atoms with Gasteiger partial charge in [0.1, 0.15) is 10.6 Å². The predicted octanol–water partition coefficient (Wildman–Crippen LogP) is 2.53. The second-order valence-electron chi connectivity index (χ2n) is 3.87. The summed E-state index contributed by atoms with van der Waals surface area (Å²) < 4.78 is 5.11. The van der Waals surface area contributed by atoms with Gasteiger partial charge in [0.2, 0.25) is 5.91 Å². The van der Waals surface area contributed by atoms with Crippen LogP contribution in [-0.4, -0.2) is 29.1 Å². The van der Waals surface area contributed by atoms with E-state index in [-0.39, 0.29) is 10.8 Å². The number of hydrogen-bond acceptors (Lipinski definition) is 5. The van der Waals surface area contributed by atoms with Crippen molar-refractivity contribution in [1.29, 1.82) is 0 Å². The van der Waals surface area contributed by atoms with E-state index in [9.17, 15) is 9.59 Å². The van der Waals surface area contributed by atoms with Crippen LogP contribution in [0.4, 0.5) is 10.8 Å². The summed E-state index contributed by atoms with van der Waals surface area (Å²) in [5, 5.41) is 9.23. The van der Waals surface area contributed by atoms with Crippen LogP contribution < -0.4 is 9.64 Å². The van der Waals surface area contributed by atoms with Crippen LogP contribution in [0.2, 0.25) is 0 Å². The Morgan fingerprint density at radius 3 is 2.70 bits per heavy atom. The summed E-state index contributed by atoms with van der Waals surface area (Å²) in [5.74, 6) is -0.726. The standard InChI is InChI=1S/C13H12N2O4S/c1-8(16)15(9-4-3-5-10(6-9)19-2)13-14-7-11(20-13)12(17)18/h3-7H,1-2H3,(H,17,18). The largest absolute Gasteiger partial charge is 0.497 e. The molecular weight excluding hydrogens is 280 g/mol. The summed E-state index contributed by atoms with van der Waals surface area (Å²) in [6, 6.07) is 6.91. The maximum absolute atomic E-state index is 11.8. The molecule has 0 fully saturated rings. The summed E-state index contributed by atoms with van der Waals surface area (Å²) in [6.45, 7) is 1.39. The van der Waals surface area contributed by atoms with Crippen molar-refractivity contribution in [1.82, 2.24) is 4.98 Å². The first-order chi connectivity index (χ1) is 9.52. The Labute approximate surface area is 119 Å². The van der Waals surface area contributed by atoms with Crippen LogP contribution in [0.15, 0.2) is 30.5 Å². The summed E-state index contributed by atoms with van der Waals surface area (Å²) in [6.07, 6.45) is 1.23. The topological polar surface area (TPSA) is 79.7 Å². The van der Waals surface area contributed by atoms with Crippen molar-refractivity contribution in [2.24, 2.45) is 0 Å². The van der Waals surface area contributed by atoms with Crippen LogP contribution in [0, 0.1) is 0 Å². The number of ether oxygens (including phenoxy) is 1. The van der Waals surface area contributed by atoms with Gasteiger partial charge >= 0.3 is 5.97 Å². The van der Waals surface area contributed by atoms with E-state index in [1.54, 1.807) is 24.3 Å². The third-order valence-electron chi connectivity index (χ3n) is 2.52. The molecule has 1 aromatic heterocycles. The fourth-order valence-electron chi connectivity index (χ4n) is 1.64. The van der Waals surface area contributed by atoms with Crippen LogP contribution in [-0.2, 0) is 4.79 Å². The van der Waals surface area contributed by atoms with Crippen LogP contribution in [0.3, 0.4) is 0 Å². The Morgan fingerprint density at radius 2 is 2.15 bits per heavy atom. The van der Waals surface area contributed by atoms with Gasteiger partial charge in [0.25, 0.3) is 0 Å². The van der Waals surface area contributed by atoms with Gasteiger partial charge in [0.05, 0.1) is 19.0 Å². The number of carbonyl (C=O) groups excluding carboxylic acids is 1. The molecule has 7 heteroatoms. The van der Waals surface area contributed by atoms with Gasteiger partial charge in [-0.1, -0.05) is 17.4 Å². The van der Waals surface area contributed by atoms with Gasteiger partial charge < -0.3 is 9.84 Å². The molecule has 1 amide bonds. The van der Waals surface area contributed by atoms with Crippen LogP contribution in [0.1, 0.15) is 16.6 Å². The van der Waals surface area contributed by atoms with E-state index in [0.717, 1.165) is 11.3 Å². The third kappa shape index (κ3) is 2.77. The summed E-state index contributed by atoms with van der Waals surface area (Å²) in [5.41, 5.74) is 0.572. The molecule has 0 bridgehead atoms. The van der Waals surface area contributed by atoms with E-state index in [1.807, 2.05) is 0 Å². The molecule has 1 heterocycles.